The minimum atomic E-state index is 1.38. The van der Waals surface area contributed by atoms with E-state index in [2.05, 4.69) is 6.92 Å². The maximum Gasteiger partial charge on any atom is 0.211 e. The SMILES string of the molecule is CCCCCCC[CH2][AlH2]. The van der Waals surface area contributed by atoms with E-state index in [9.17, 15) is 0 Å². The molecule has 1 heteroatoms. The summed E-state index contributed by atoms with van der Waals surface area (Å²) in [5, 5.41) is 1.51. The summed E-state index contributed by atoms with van der Waals surface area (Å²) in [5.74, 6) is 0. The summed E-state index contributed by atoms with van der Waals surface area (Å²) in [4.78, 5) is 0. The topological polar surface area (TPSA) is 0 Å². The molecule has 0 aromatic rings. The molecule has 0 amide bonds. The molecule has 54 valence electrons. The highest BCUT2D eigenvalue weighted by Crippen LogP contribution is 2.05. The Hall–Kier alpha value is 0.532. The first-order valence-corrected chi connectivity index (χ1v) is 5.83. The summed E-state index contributed by atoms with van der Waals surface area (Å²) in [6.45, 7) is 2.27. The molecule has 0 aromatic carbocycles. The van der Waals surface area contributed by atoms with Crippen molar-refractivity contribution in [2.45, 2.75) is 50.7 Å². The number of unbranched alkanes of at least 4 members (excludes halogenated alkanes) is 5. The van der Waals surface area contributed by atoms with E-state index in [1.165, 1.54) is 60.1 Å². The van der Waals surface area contributed by atoms with Crippen LogP contribution in [0.3, 0.4) is 0 Å². The molecule has 0 fully saturated rings. The highest BCUT2D eigenvalue weighted by Gasteiger charge is 1.85. The summed E-state index contributed by atoms with van der Waals surface area (Å²) in [6, 6.07) is 0. The normalized spacial score (nSPS) is 9.89. The lowest BCUT2D eigenvalue weighted by Gasteiger charge is -1.96. The van der Waals surface area contributed by atoms with Crippen LogP contribution in [0.25, 0.3) is 0 Å². The van der Waals surface area contributed by atoms with E-state index in [1.807, 2.05) is 0 Å². The predicted molar refractivity (Wildman–Crippen MR) is 46.7 cm³/mol. The molecular weight excluding hydrogens is 123 g/mol. The van der Waals surface area contributed by atoms with E-state index < -0.39 is 0 Å². The van der Waals surface area contributed by atoms with E-state index in [4.69, 9.17) is 0 Å². The largest absolute Gasteiger partial charge is 0.211 e. The minimum absolute atomic E-state index is 1.38. The molecule has 0 aliphatic carbocycles. The Kier molecular flexibility index (Phi) is 9.04. The maximum atomic E-state index is 2.27. The van der Waals surface area contributed by atoms with Crippen molar-refractivity contribution in [1.29, 1.82) is 0 Å². The van der Waals surface area contributed by atoms with Gasteiger partial charge in [0, 0.05) is 0 Å². The minimum Gasteiger partial charge on any atom is -0.101 e. The van der Waals surface area contributed by atoms with Gasteiger partial charge in [0.15, 0.2) is 0 Å². The number of hydrogen-bond donors (Lipinski definition) is 0. The average Bonchev–Trinajstić information content (AvgIpc) is 1.89. The Morgan fingerprint density at radius 2 is 1.44 bits per heavy atom. The van der Waals surface area contributed by atoms with Gasteiger partial charge in [0.1, 0.15) is 0 Å². The molecule has 0 atom stereocenters. The van der Waals surface area contributed by atoms with Crippen LogP contribution < -0.4 is 0 Å². The molecule has 0 bridgehead atoms. The maximum absolute atomic E-state index is 2.27. The van der Waals surface area contributed by atoms with Crippen LogP contribution in [0.2, 0.25) is 5.28 Å². The molecule has 0 rings (SSSR count). The van der Waals surface area contributed by atoms with Crippen LogP contribution in [-0.2, 0) is 0 Å². The van der Waals surface area contributed by atoms with Gasteiger partial charge in [-0.3, -0.25) is 0 Å². The van der Waals surface area contributed by atoms with Gasteiger partial charge in [0.05, 0.1) is 0 Å². The molecule has 0 spiro atoms. The Labute approximate surface area is 67.5 Å². The van der Waals surface area contributed by atoms with Gasteiger partial charge in [0.2, 0.25) is 16.3 Å². The van der Waals surface area contributed by atoms with Crippen molar-refractivity contribution in [2.75, 3.05) is 0 Å². The molecule has 0 aliphatic heterocycles. The van der Waals surface area contributed by atoms with Crippen LogP contribution >= 0.6 is 0 Å². The summed E-state index contributed by atoms with van der Waals surface area (Å²) in [7, 11) is 0. The van der Waals surface area contributed by atoms with Crippen LogP contribution in [0.5, 0.6) is 0 Å². The van der Waals surface area contributed by atoms with E-state index in [0.717, 1.165) is 0 Å². The van der Waals surface area contributed by atoms with Gasteiger partial charge in [0.25, 0.3) is 0 Å². The number of hydrogen-bond acceptors (Lipinski definition) is 0. The van der Waals surface area contributed by atoms with E-state index >= 15 is 0 Å². The van der Waals surface area contributed by atoms with Gasteiger partial charge in [-0.1, -0.05) is 45.4 Å². The summed E-state index contributed by atoms with van der Waals surface area (Å²) in [6.07, 6.45) is 8.76. The van der Waals surface area contributed by atoms with Crippen molar-refractivity contribution in [3.63, 3.8) is 0 Å². The molecule has 0 saturated carbocycles. The Balaban J connectivity index is 2.60. The molecule has 0 nitrogen and oxygen atoms in total. The fourth-order valence-corrected chi connectivity index (χ4v) is 1.53. The third-order valence-electron chi connectivity index (χ3n) is 1.71. The molecule has 0 unspecified atom stereocenters. The molecule has 0 radical (unpaired) electrons. The molecule has 0 aromatic heterocycles. The van der Waals surface area contributed by atoms with Crippen molar-refractivity contribution < 1.29 is 0 Å². The van der Waals surface area contributed by atoms with Crippen LogP contribution in [0.4, 0.5) is 0 Å². The van der Waals surface area contributed by atoms with Gasteiger partial charge in [-0.05, 0) is 0 Å². The zero-order chi connectivity index (χ0) is 6.95. The predicted octanol–water partition coefficient (Wildman–Crippen LogP) is 2.40. The first kappa shape index (κ1) is 9.53. The van der Waals surface area contributed by atoms with E-state index in [-0.39, 0.29) is 0 Å². The van der Waals surface area contributed by atoms with Gasteiger partial charge in [-0.25, -0.2) is 0 Å². The molecule has 9 heavy (non-hydrogen) atoms. The van der Waals surface area contributed by atoms with Crippen LogP contribution in [0.15, 0.2) is 0 Å². The molecular formula is C8H19Al. The highest BCUT2D eigenvalue weighted by atomic mass is 27.0. The smallest absolute Gasteiger partial charge is 0.101 e. The monoisotopic (exact) mass is 142 g/mol. The molecule has 0 aliphatic rings. The van der Waals surface area contributed by atoms with Crippen LogP contribution in [0.1, 0.15) is 45.4 Å². The van der Waals surface area contributed by atoms with Gasteiger partial charge >= 0.3 is 0 Å². The molecule has 0 saturated heterocycles. The Bertz CT molecular complexity index is 37.8. The second-order valence-electron chi connectivity index (χ2n) is 2.77. The van der Waals surface area contributed by atoms with Crippen molar-refractivity contribution in [3.8, 4) is 0 Å². The number of rotatable bonds is 6. The van der Waals surface area contributed by atoms with Crippen molar-refractivity contribution in [1.82, 2.24) is 0 Å². The van der Waals surface area contributed by atoms with Gasteiger partial charge < -0.3 is 0 Å². The van der Waals surface area contributed by atoms with Crippen molar-refractivity contribution >= 4 is 16.3 Å². The standard InChI is InChI=1S/C8H17.Al.2H/c1-3-5-7-8-6-4-2;;;/h1,3-8H2,2H3;;;. The quantitative estimate of drug-likeness (QED) is 0.394. The summed E-state index contributed by atoms with van der Waals surface area (Å²) in [5.41, 5.74) is 0. The summed E-state index contributed by atoms with van der Waals surface area (Å²) < 4.78 is 0. The fraction of sp³-hybridized carbons (Fsp3) is 1.00. The van der Waals surface area contributed by atoms with Gasteiger partial charge in [-0.15, -0.1) is 5.28 Å². The van der Waals surface area contributed by atoms with Crippen LogP contribution in [-0.4, -0.2) is 16.3 Å². The first-order valence-electron chi connectivity index (χ1n) is 4.41. The van der Waals surface area contributed by atoms with E-state index in [1.54, 1.807) is 0 Å². The lowest BCUT2D eigenvalue weighted by Crippen LogP contribution is -1.77. The van der Waals surface area contributed by atoms with Crippen LogP contribution in [0, 0.1) is 0 Å². The third kappa shape index (κ3) is 8.53. The molecule has 0 N–H and O–H groups in total. The second-order valence-corrected chi connectivity index (χ2v) is 3.77. The first-order chi connectivity index (χ1) is 4.41. The lowest BCUT2D eigenvalue weighted by molar-refractivity contribution is 0.624. The average molecular weight is 142 g/mol. The van der Waals surface area contributed by atoms with Gasteiger partial charge in [-0.2, -0.15) is 0 Å². The third-order valence-corrected chi connectivity index (χ3v) is 2.41. The van der Waals surface area contributed by atoms with Crippen molar-refractivity contribution in [3.05, 3.63) is 0 Å². The Morgan fingerprint density at radius 1 is 0.889 bits per heavy atom. The Morgan fingerprint density at radius 3 is 2.00 bits per heavy atom. The zero-order valence-electron chi connectivity index (χ0n) is 6.95. The molecule has 0 heterocycles. The fourth-order valence-electron chi connectivity index (χ4n) is 1.03. The highest BCUT2D eigenvalue weighted by molar-refractivity contribution is 6.08. The van der Waals surface area contributed by atoms with Crippen molar-refractivity contribution in [2.24, 2.45) is 0 Å². The lowest BCUT2D eigenvalue weighted by atomic mass is 10.1. The second kappa shape index (κ2) is 8.53. The summed E-state index contributed by atoms with van der Waals surface area (Å²) >= 11 is 1.41. The zero-order valence-corrected chi connectivity index (χ0v) is 8.95. The van der Waals surface area contributed by atoms with E-state index in [0.29, 0.717) is 0 Å².